The summed E-state index contributed by atoms with van der Waals surface area (Å²) in [6.45, 7) is 0.719. The molecule has 3 heterocycles. The molecule has 3 aromatic rings. The minimum absolute atomic E-state index is 0.124. The quantitative estimate of drug-likeness (QED) is 0.154. The number of carbonyl (C=O) groups is 1. The molecule has 1 amide bonds. The zero-order valence-electron chi connectivity index (χ0n) is 20.9. The number of anilines is 3. The number of nitrogens with one attached hydrogen (secondary N) is 2. The van der Waals surface area contributed by atoms with Crippen LogP contribution in [0.2, 0.25) is 5.02 Å². The molecule has 0 aliphatic carbocycles. The van der Waals surface area contributed by atoms with Crippen molar-refractivity contribution in [3.05, 3.63) is 79.9 Å². The van der Waals surface area contributed by atoms with Crippen LogP contribution in [0.1, 0.15) is 6.42 Å². The second-order valence-electron chi connectivity index (χ2n) is 9.26. The number of aromatic nitrogens is 3. The fourth-order valence-corrected chi connectivity index (χ4v) is 4.42. The third-order valence-corrected chi connectivity index (χ3v) is 6.90. The van der Waals surface area contributed by atoms with Crippen molar-refractivity contribution in [3.63, 3.8) is 0 Å². The van der Waals surface area contributed by atoms with Gasteiger partial charge >= 0.3 is 5.82 Å². The van der Waals surface area contributed by atoms with E-state index < -0.39 is 10.8 Å². The summed E-state index contributed by atoms with van der Waals surface area (Å²) in [5, 5.41) is 27.5. The smallest absolute Gasteiger partial charge is 0.358 e. The molecular formula is C25H22BrClN9O3+. The number of nitrogens with zero attached hydrogens (tertiary/aromatic N) is 7. The van der Waals surface area contributed by atoms with Crippen molar-refractivity contribution in [2.45, 2.75) is 6.42 Å². The number of nitriles is 1. The minimum Gasteiger partial charge on any atom is -0.358 e. The lowest BCUT2D eigenvalue weighted by Crippen LogP contribution is -2.41. The molecule has 0 saturated carbocycles. The number of benzene rings is 1. The highest BCUT2D eigenvalue weighted by Crippen LogP contribution is 2.29. The highest BCUT2D eigenvalue weighted by molar-refractivity contribution is 9.10. The molecule has 0 fully saturated rings. The number of hydrogen-bond donors (Lipinski definition) is 2. The van der Waals surface area contributed by atoms with Gasteiger partial charge in [-0.25, -0.2) is 15.0 Å². The lowest BCUT2D eigenvalue weighted by atomic mass is 10.1. The first-order chi connectivity index (χ1) is 18.5. The number of fused-ring (bicyclic) bond motifs is 1. The largest absolute Gasteiger partial charge is 0.369 e. The number of quaternary nitrogens is 1. The summed E-state index contributed by atoms with van der Waals surface area (Å²) in [5.74, 6) is 0.175. The second kappa shape index (κ2) is 11.6. The first-order valence-electron chi connectivity index (χ1n) is 11.5. The normalized spacial score (nSPS) is 13.5. The molecule has 4 rings (SSSR count). The van der Waals surface area contributed by atoms with E-state index in [1.165, 1.54) is 12.4 Å². The lowest BCUT2D eigenvalue weighted by molar-refractivity contribution is -0.880. The Hall–Kier alpha value is -4.25. The first kappa shape index (κ1) is 27.8. The highest BCUT2D eigenvalue weighted by Gasteiger charge is 2.33. The predicted octanol–water partition coefficient (Wildman–Crippen LogP) is 4.61. The molecule has 0 spiro atoms. The maximum atomic E-state index is 12.6. The summed E-state index contributed by atoms with van der Waals surface area (Å²) >= 11 is 9.48. The van der Waals surface area contributed by atoms with Gasteiger partial charge in [-0.05, 0) is 56.2 Å². The number of pyridine rings is 1. The van der Waals surface area contributed by atoms with E-state index in [1.54, 1.807) is 24.4 Å². The molecule has 0 bridgehead atoms. The van der Waals surface area contributed by atoms with E-state index in [1.807, 2.05) is 32.3 Å². The van der Waals surface area contributed by atoms with Crippen molar-refractivity contribution in [1.82, 2.24) is 15.0 Å². The average Bonchev–Trinajstić information content (AvgIpc) is 3.29. The van der Waals surface area contributed by atoms with Crippen molar-refractivity contribution in [3.8, 4) is 6.07 Å². The molecule has 1 aromatic carbocycles. The number of nitro groups is 1. The summed E-state index contributed by atoms with van der Waals surface area (Å²) in [4.78, 5) is 39.9. The second-order valence-corrected chi connectivity index (χ2v) is 10.5. The Kier molecular flexibility index (Phi) is 8.29. The van der Waals surface area contributed by atoms with Gasteiger partial charge in [-0.1, -0.05) is 11.6 Å². The fraction of sp³-hybridized carbons (Fsp3) is 0.200. The molecule has 1 aliphatic rings. The van der Waals surface area contributed by atoms with Crippen LogP contribution in [0.5, 0.6) is 0 Å². The van der Waals surface area contributed by atoms with Crippen LogP contribution in [0.25, 0.3) is 10.9 Å². The van der Waals surface area contributed by atoms with E-state index in [-0.39, 0.29) is 18.0 Å². The van der Waals surface area contributed by atoms with Gasteiger partial charge in [0.2, 0.25) is 11.6 Å². The fourth-order valence-electron chi connectivity index (χ4n) is 3.92. The molecule has 0 atom stereocenters. The summed E-state index contributed by atoms with van der Waals surface area (Å²) < 4.78 is 1.06. The van der Waals surface area contributed by atoms with Crippen molar-refractivity contribution < 1.29 is 14.2 Å². The molecular weight excluding hydrogens is 590 g/mol. The Morgan fingerprint density at radius 3 is 2.82 bits per heavy atom. The van der Waals surface area contributed by atoms with Gasteiger partial charge < -0.3 is 25.2 Å². The number of amides is 1. The molecule has 0 radical (unpaired) electrons. The SMILES string of the molecule is C[N+](C)(C/C=C/C(=O)Nc1cc2c(Nc3ccc(Cl)c(Br)c3)ncnc2cn1)CC1=C([N+](=O)[O-])N=C(C#N)C1. The van der Waals surface area contributed by atoms with E-state index in [9.17, 15) is 14.9 Å². The molecule has 14 heteroatoms. The maximum Gasteiger partial charge on any atom is 0.369 e. The third-order valence-electron chi connectivity index (χ3n) is 5.68. The molecule has 39 heavy (non-hydrogen) atoms. The van der Waals surface area contributed by atoms with Crippen LogP contribution in [0.4, 0.5) is 17.3 Å². The molecule has 0 saturated heterocycles. The summed E-state index contributed by atoms with van der Waals surface area (Å²) in [7, 11) is 3.74. The first-order valence-corrected chi connectivity index (χ1v) is 12.7. The Morgan fingerprint density at radius 2 is 2.10 bits per heavy atom. The summed E-state index contributed by atoms with van der Waals surface area (Å²) in [6, 6.07) is 8.94. The Morgan fingerprint density at radius 1 is 1.31 bits per heavy atom. The molecule has 198 valence electrons. The Bertz CT molecular complexity index is 1610. The van der Waals surface area contributed by atoms with Crippen LogP contribution in [-0.2, 0) is 4.79 Å². The van der Waals surface area contributed by atoms with Crippen molar-refractivity contribution in [2.24, 2.45) is 4.99 Å². The number of hydrogen-bond acceptors (Lipinski definition) is 9. The molecule has 12 nitrogen and oxygen atoms in total. The Labute approximate surface area is 236 Å². The maximum absolute atomic E-state index is 12.6. The number of halogens is 2. The van der Waals surface area contributed by atoms with E-state index in [4.69, 9.17) is 16.9 Å². The number of likely N-dealkylation sites (N-methyl/N-ethyl adjacent to an activating group) is 1. The van der Waals surface area contributed by atoms with E-state index in [2.05, 4.69) is 46.5 Å². The highest BCUT2D eigenvalue weighted by atomic mass is 79.9. The van der Waals surface area contributed by atoms with Crippen molar-refractivity contribution in [1.29, 1.82) is 5.26 Å². The molecule has 2 N–H and O–H groups in total. The summed E-state index contributed by atoms with van der Waals surface area (Å²) in [6.07, 6.45) is 6.17. The Balaban J connectivity index is 1.42. The van der Waals surface area contributed by atoms with Gasteiger partial charge in [0.05, 0.1) is 49.4 Å². The van der Waals surface area contributed by atoms with Crippen molar-refractivity contribution in [2.75, 3.05) is 37.8 Å². The van der Waals surface area contributed by atoms with Crippen LogP contribution in [0, 0.1) is 21.4 Å². The van der Waals surface area contributed by atoms with E-state index in [0.29, 0.717) is 50.7 Å². The zero-order chi connectivity index (χ0) is 28.2. The average molecular weight is 612 g/mol. The van der Waals surface area contributed by atoms with E-state index in [0.717, 1.165) is 10.2 Å². The third kappa shape index (κ3) is 6.99. The van der Waals surface area contributed by atoms with Crippen LogP contribution in [0.3, 0.4) is 0 Å². The van der Waals surface area contributed by atoms with Gasteiger partial charge in [-0.15, -0.1) is 0 Å². The number of rotatable bonds is 9. The summed E-state index contributed by atoms with van der Waals surface area (Å²) in [5.41, 5.74) is 1.95. The standard InChI is InChI=1S/C25H21BrClN9O3/c1-36(2,13-15-8-17(11-28)33-25(15)35(38)39)7-3-4-23(37)34-22-10-18-21(12-29-22)30-14-31-24(18)32-16-5-6-20(27)19(26)9-16/h3-6,9-10,12,14H,7-8,13H2,1-2H3,(H-,29,30,31,32,34,37)/p+1/b4-3+. The van der Waals surface area contributed by atoms with Gasteiger partial charge in [0, 0.05) is 21.6 Å². The molecule has 2 aromatic heterocycles. The van der Waals surface area contributed by atoms with Crippen LogP contribution in [0.15, 0.2) is 69.8 Å². The number of carbonyl (C=O) groups excluding carboxylic acids is 1. The van der Waals surface area contributed by atoms with Gasteiger partial charge in [-0.3, -0.25) is 4.79 Å². The van der Waals surface area contributed by atoms with Crippen molar-refractivity contribution >= 4 is 67.4 Å². The topological polar surface area (TPSA) is 159 Å². The number of aliphatic imine (C=N–C) groups is 1. The zero-order valence-corrected chi connectivity index (χ0v) is 23.2. The minimum atomic E-state index is -0.570. The van der Waals surface area contributed by atoms with Crippen LogP contribution >= 0.6 is 27.5 Å². The van der Waals surface area contributed by atoms with Gasteiger partial charge in [0.1, 0.15) is 30.6 Å². The predicted molar refractivity (Wildman–Crippen MR) is 151 cm³/mol. The molecule has 1 aliphatic heterocycles. The van der Waals surface area contributed by atoms with Crippen LogP contribution < -0.4 is 10.6 Å². The van der Waals surface area contributed by atoms with Crippen LogP contribution in [-0.4, -0.2) is 63.2 Å². The van der Waals surface area contributed by atoms with Gasteiger partial charge in [0.25, 0.3) is 0 Å². The van der Waals surface area contributed by atoms with E-state index >= 15 is 0 Å². The monoisotopic (exact) mass is 610 g/mol. The van der Waals surface area contributed by atoms with Gasteiger partial charge in [-0.2, -0.15) is 5.26 Å². The molecule has 0 unspecified atom stereocenters. The lowest BCUT2D eigenvalue weighted by Gasteiger charge is -2.28. The van der Waals surface area contributed by atoms with Gasteiger partial charge in [0.15, 0.2) is 0 Å².